The predicted molar refractivity (Wildman–Crippen MR) is 64.6 cm³/mol. The Kier molecular flexibility index (Phi) is 3.15. The van der Waals surface area contributed by atoms with E-state index < -0.39 is 11.9 Å². The summed E-state index contributed by atoms with van der Waals surface area (Å²) in [6, 6.07) is 5.23. The van der Waals surface area contributed by atoms with Gasteiger partial charge >= 0.3 is 5.97 Å². The smallest absolute Gasteiger partial charge is 0.310 e. The molecule has 1 unspecified atom stereocenters. The molecule has 88 valence electrons. The lowest BCUT2D eigenvalue weighted by Crippen LogP contribution is -2.07. The third kappa shape index (κ3) is 2.31. The molecule has 1 aromatic heterocycles. The van der Waals surface area contributed by atoms with Gasteiger partial charge < -0.3 is 9.67 Å². The molecule has 1 heterocycles. The molecular weight excluding hydrogens is 240 g/mol. The normalized spacial score (nSPS) is 12.4. The van der Waals surface area contributed by atoms with Gasteiger partial charge in [-0.1, -0.05) is 17.7 Å². The minimum absolute atomic E-state index is 0.508. The van der Waals surface area contributed by atoms with Crippen molar-refractivity contribution in [1.82, 2.24) is 9.55 Å². The second kappa shape index (κ2) is 4.59. The molecule has 0 amide bonds. The molecule has 5 heteroatoms. The van der Waals surface area contributed by atoms with Gasteiger partial charge in [0.05, 0.1) is 23.0 Å². The Labute approximate surface area is 103 Å². The number of benzene rings is 1. The number of nitrogens with zero attached hydrogens (tertiary/aromatic N) is 2. The van der Waals surface area contributed by atoms with Gasteiger partial charge in [-0.3, -0.25) is 4.79 Å². The Morgan fingerprint density at radius 1 is 1.53 bits per heavy atom. The quantitative estimate of drug-likeness (QED) is 0.911. The van der Waals surface area contributed by atoms with Crippen LogP contribution >= 0.6 is 11.6 Å². The molecule has 2 aromatic rings. The highest BCUT2D eigenvalue weighted by atomic mass is 35.5. The van der Waals surface area contributed by atoms with Crippen molar-refractivity contribution in [2.24, 2.45) is 0 Å². The Balaban J connectivity index is 2.39. The summed E-state index contributed by atoms with van der Waals surface area (Å²) >= 11 is 6.13. The first-order valence-electron chi connectivity index (χ1n) is 5.10. The summed E-state index contributed by atoms with van der Waals surface area (Å²) in [5.74, 6) is -1.43. The molecule has 0 bridgehead atoms. The molecule has 0 saturated heterocycles. The van der Waals surface area contributed by atoms with Crippen LogP contribution in [0.3, 0.4) is 0 Å². The summed E-state index contributed by atoms with van der Waals surface area (Å²) in [5, 5.41) is 9.43. The SMILES string of the molecule is CC(C(=O)O)c1ccc(-n2ccnc2)c(Cl)c1. The van der Waals surface area contributed by atoms with Gasteiger partial charge in [-0.2, -0.15) is 0 Å². The van der Waals surface area contributed by atoms with E-state index in [0.29, 0.717) is 10.6 Å². The summed E-state index contributed by atoms with van der Waals surface area (Å²) in [6.45, 7) is 1.63. The van der Waals surface area contributed by atoms with Gasteiger partial charge in [0.15, 0.2) is 0 Å². The maximum absolute atomic E-state index is 10.9. The van der Waals surface area contributed by atoms with Crippen molar-refractivity contribution >= 4 is 17.6 Å². The maximum atomic E-state index is 10.9. The molecule has 0 aliphatic rings. The van der Waals surface area contributed by atoms with Crippen LogP contribution in [-0.2, 0) is 4.79 Å². The second-order valence-electron chi connectivity index (χ2n) is 3.74. The molecule has 2 rings (SSSR count). The molecule has 0 fully saturated rings. The van der Waals surface area contributed by atoms with Crippen molar-refractivity contribution in [2.45, 2.75) is 12.8 Å². The molecule has 0 aliphatic carbocycles. The van der Waals surface area contributed by atoms with Crippen LogP contribution < -0.4 is 0 Å². The van der Waals surface area contributed by atoms with Crippen molar-refractivity contribution < 1.29 is 9.90 Å². The van der Waals surface area contributed by atoms with Gasteiger partial charge in [0.25, 0.3) is 0 Å². The van der Waals surface area contributed by atoms with E-state index in [1.165, 1.54) is 0 Å². The topological polar surface area (TPSA) is 55.1 Å². The van der Waals surface area contributed by atoms with Gasteiger partial charge in [0.2, 0.25) is 0 Å². The highest BCUT2D eigenvalue weighted by Gasteiger charge is 2.15. The standard InChI is InChI=1S/C12H11ClN2O2/c1-8(12(16)17)9-2-3-11(10(13)6-9)15-5-4-14-7-15/h2-8H,1H3,(H,16,17). The highest BCUT2D eigenvalue weighted by molar-refractivity contribution is 6.32. The van der Waals surface area contributed by atoms with E-state index in [9.17, 15) is 4.79 Å². The fourth-order valence-corrected chi connectivity index (χ4v) is 1.83. The number of hydrogen-bond acceptors (Lipinski definition) is 2. The van der Waals surface area contributed by atoms with Crippen LogP contribution in [0.4, 0.5) is 0 Å². The number of aliphatic carboxylic acids is 1. The average molecular weight is 251 g/mol. The molecular formula is C12H11ClN2O2. The Morgan fingerprint density at radius 2 is 2.29 bits per heavy atom. The van der Waals surface area contributed by atoms with E-state index in [4.69, 9.17) is 16.7 Å². The monoisotopic (exact) mass is 250 g/mol. The summed E-state index contributed by atoms with van der Waals surface area (Å²) in [5.41, 5.74) is 1.47. The third-order valence-corrected chi connectivity index (χ3v) is 2.93. The molecule has 0 radical (unpaired) electrons. The summed E-state index contributed by atoms with van der Waals surface area (Å²) < 4.78 is 1.78. The molecule has 0 aliphatic heterocycles. The molecule has 0 saturated carbocycles. The second-order valence-corrected chi connectivity index (χ2v) is 4.15. The largest absolute Gasteiger partial charge is 0.481 e. The zero-order valence-electron chi connectivity index (χ0n) is 9.17. The third-order valence-electron chi connectivity index (χ3n) is 2.62. The molecule has 1 aromatic carbocycles. The van der Waals surface area contributed by atoms with Gasteiger partial charge in [-0.15, -0.1) is 0 Å². The van der Waals surface area contributed by atoms with Crippen LogP contribution in [0.5, 0.6) is 0 Å². The van der Waals surface area contributed by atoms with Crippen LogP contribution in [0.2, 0.25) is 5.02 Å². The molecule has 0 spiro atoms. The van der Waals surface area contributed by atoms with Crippen LogP contribution in [-0.4, -0.2) is 20.6 Å². The fourth-order valence-electron chi connectivity index (χ4n) is 1.55. The Hall–Kier alpha value is -1.81. The van der Waals surface area contributed by atoms with Crippen molar-refractivity contribution in [2.75, 3.05) is 0 Å². The van der Waals surface area contributed by atoms with Crippen molar-refractivity contribution in [1.29, 1.82) is 0 Å². The Bertz CT molecular complexity index is 537. The predicted octanol–water partition coefficient (Wildman–Crippen LogP) is 2.71. The number of imidazole rings is 1. The highest BCUT2D eigenvalue weighted by Crippen LogP contribution is 2.25. The molecule has 1 atom stereocenters. The minimum atomic E-state index is -0.864. The lowest BCUT2D eigenvalue weighted by atomic mass is 10.0. The number of halogens is 1. The number of rotatable bonds is 3. The van der Waals surface area contributed by atoms with Crippen molar-refractivity contribution in [3.05, 3.63) is 47.5 Å². The summed E-state index contributed by atoms with van der Waals surface area (Å²) in [4.78, 5) is 14.8. The average Bonchev–Trinajstić information content (AvgIpc) is 2.81. The van der Waals surface area contributed by atoms with Crippen LogP contribution in [0.25, 0.3) is 5.69 Å². The number of carboxylic acid groups (broad SMARTS) is 1. The van der Waals surface area contributed by atoms with E-state index in [2.05, 4.69) is 4.98 Å². The van der Waals surface area contributed by atoms with Crippen LogP contribution in [0, 0.1) is 0 Å². The van der Waals surface area contributed by atoms with Gasteiger partial charge in [-0.05, 0) is 24.6 Å². The van der Waals surface area contributed by atoms with E-state index in [1.54, 1.807) is 48.4 Å². The molecule has 4 nitrogen and oxygen atoms in total. The lowest BCUT2D eigenvalue weighted by molar-refractivity contribution is -0.138. The summed E-state index contributed by atoms with van der Waals surface area (Å²) in [6.07, 6.45) is 5.08. The van der Waals surface area contributed by atoms with Crippen LogP contribution in [0.15, 0.2) is 36.9 Å². The Morgan fingerprint density at radius 3 is 2.82 bits per heavy atom. The van der Waals surface area contributed by atoms with Gasteiger partial charge in [0, 0.05) is 12.4 Å². The maximum Gasteiger partial charge on any atom is 0.310 e. The first-order valence-corrected chi connectivity index (χ1v) is 5.48. The van der Waals surface area contributed by atoms with Crippen LogP contribution in [0.1, 0.15) is 18.4 Å². The molecule has 1 N–H and O–H groups in total. The first kappa shape index (κ1) is 11.7. The van der Waals surface area contributed by atoms with Gasteiger partial charge in [0.1, 0.15) is 0 Å². The van der Waals surface area contributed by atoms with E-state index in [1.807, 2.05) is 0 Å². The van der Waals surface area contributed by atoms with Crippen molar-refractivity contribution in [3.8, 4) is 5.69 Å². The summed E-state index contributed by atoms with van der Waals surface area (Å²) in [7, 11) is 0. The van der Waals surface area contributed by atoms with Gasteiger partial charge in [-0.25, -0.2) is 4.98 Å². The number of carbonyl (C=O) groups is 1. The zero-order valence-corrected chi connectivity index (χ0v) is 9.93. The minimum Gasteiger partial charge on any atom is -0.481 e. The van der Waals surface area contributed by atoms with E-state index >= 15 is 0 Å². The first-order chi connectivity index (χ1) is 8.09. The lowest BCUT2D eigenvalue weighted by Gasteiger charge is -2.10. The van der Waals surface area contributed by atoms with E-state index in [0.717, 1.165) is 5.69 Å². The fraction of sp³-hybridized carbons (Fsp3) is 0.167. The number of hydrogen-bond donors (Lipinski definition) is 1. The number of carboxylic acids is 1. The van der Waals surface area contributed by atoms with Crippen molar-refractivity contribution in [3.63, 3.8) is 0 Å². The zero-order chi connectivity index (χ0) is 12.4. The van der Waals surface area contributed by atoms with E-state index in [-0.39, 0.29) is 0 Å². The number of aromatic nitrogens is 2. The molecule has 17 heavy (non-hydrogen) atoms.